The van der Waals surface area contributed by atoms with Crippen LogP contribution in [-0.2, 0) is 11.3 Å². The van der Waals surface area contributed by atoms with Crippen LogP contribution in [0.1, 0.15) is 40.2 Å². The first-order chi connectivity index (χ1) is 9.74. The van der Waals surface area contributed by atoms with Crippen LogP contribution < -0.4 is 15.4 Å². The second-order valence-corrected chi connectivity index (χ2v) is 6.86. The molecule has 0 heterocycles. The fraction of sp³-hybridized carbons (Fsp3) is 0.562. The van der Waals surface area contributed by atoms with Crippen molar-refractivity contribution in [2.24, 2.45) is 0 Å². The van der Waals surface area contributed by atoms with Crippen LogP contribution in [-0.4, -0.2) is 24.1 Å². The van der Waals surface area contributed by atoms with Crippen molar-refractivity contribution in [1.29, 1.82) is 0 Å². The van der Waals surface area contributed by atoms with E-state index in [1.165, 1.54) is 0 Å². The monoisotopic (exact) mass is 356 g/mol. The fourth-order valence-electron chi connectivity index (χ4n) is 1.79. The highest BCUT2D eigenvalue weighted by Gasteiger charge is 2.22. The highest BCUT2D eigenvalue weighted by Crippen LogP contribution is 2.30. The van der Waals surface area contributed by atoms with Gasteiger partial charge in [0.25, 0.3) is 5.91 Å². The van der Waals surface area contributed by atoms with Gasteiger partial charge in [0.2, 0.25) is 0 Å². The Balaban J connectivity index is 2.83. The molecule has 0 saturated carbocycles. The molecule has 0 bridgehead atoms. The predicted molar refractivity (Wildman–Crippen MR) is 89.5 cm³/mol. The van der Waals surface area contributed by atoms with Gasteiger partial charge in [-0.25, -0.2) is 0 Å². The molecule has 0 saturated heterocycles. The maximum atomic E-state index is 12.1. The highest BCUT2D eigenvalue weighted by molar-refractivity contribution is 9.10. The van der Waals surface area contributed by atoms with Crippen LogP contribution in [0.2, 0.25) is 0 Å². The lowest BCUT2D eigenvalue weighted by molar-refractivity contribution is -0.128. The summed E-state index contributed by atoms with van der Waals surface area (Å²) in [6.45, 7) is 11.3. The Morgan fingerprint density at radius 3 is 2.62 bits per heavy atom. The van der Waals surface area contributed by atoms with E-state index in [0.29, 0.717) is 6.54 Å². The fourth-order valence-corrected chi connectivity index (χ4v) is 2.29. The molecule has 1 amide bonds. The summed E-state index contributed by atoms with van der Waals surface area (Å²) in [4.78, 5) is 12.1. The zero-order valence-corrected chi connectivity index (χ0v) is 15.0. The summed E-state index contributed by atoms with van der Waals surface area (Å²) in [6, 6.07) is 5.87. The first-order valence-electron chi connectivity index (χ1n) is 7.21. The second kappa shape index (κ2) is 7.80. The highest BCUT2D eigenvalue weighted by atomic mass is 79.9. The van der Waals surface area contributed by atoms with Gasteiger partial charge >= 0.3 is 0 Å². The van der Waals surface area contributed by atoms with Gasteiger partial charge in [-0.15, -0.1) is 0 Å². The predicted octanol–water partition coefficient (Wildman–Crippen LogP) is 3.24. The average molecular weight is 357 g/mol. The van der Waals surface area contributed by atoms with E-state index in [1.807, 2.05) is 39.0 Å². The number of carbonyl (C=O) groups excluding carboxylic acids is 1. The molecule has 1 unspecified atom stereocenters. The van der Waals surface area contributed by atoms with Gasteiger partial charge in [0.05, 0.1) is 4.47 Å². The van der Waals surface area contributed by atoms with Gasteiger partial charge in [-0.05, 0) is 56.2 Å². The van der Waals surface area contributed by atoms with Crippen LogP contribution in [0.25, 0.3) is 0 Å². The third-order valence-corrected chi connectivity index (χ3v) is 3.40. The quantitative estimate of drug-likeness (QED) is 0.822. The molecule has 0 aliphatic heterocycles. The number of rotatable bonds is 6. The first-order valence-corrected chi connectivity index (χ1v) is 8.00. The first kappa shape index (κ1) is 18.0. The summed E-state index contributed by atoms with van der Waals surface area (Å²) < 4.78 is 6.74. The van der Waals surface area contributed by atoms with Gasteiger partial charge in [-0.1, -0.05) is 19.1 Å². The van der Waals surface area contributed by atoms with E-state index in [9.17, 15) is 4.79 Å². The van der Waals surface area contributed by atoms with Crippen molar-refractivity contribution in [3.05, 3.63) is 28.2 Å². The van der Waals surface area contributed by atoms with Crippen molar-refractivity contribution in [3.8, 4) is 5.75 Å². The van der Waals surface area contributed by atoms with Crippen LogP contribution in [0, 0.1) is 0 Å². The number of hydrogen-bond donors (Lipinski definition) is 2. The molecule has 0 aromatic heterocycles. The maximum Gasteiger partial charge on any atom is 0.261 e. The van der Waals surface area contributed by atoms with Gasteiger partial charge in [-0.3, -0.25) is 4.79 Å². The lowest BCUT2D eigenvalue weighted by Crippen LogP contribution is -2.46. The van der Waals surface area contributed by atoms with E-state index >= 15 is 0 Å². The second-order valence-electron chi connectivity index (χ2n) is 6.01. The maximum absolute atomic E-state index is 12.1. The molecule has 21 heavy (non-hydrogen) atoms. The average Bonchev–Trinajstić information content (AvgIpc) is 2.37. The number of benzene rings is 1. The Hall–Kier alpha value is -1.07. The molecule has 4 nitrogen and oxygen atoms in total. The van der Waals surface area contributed by atoms with Crippen molar-refractivity contribution in [3.63, 3.8) is 0 Å². The molecule has 0 spiro atoms. The summed E-state index contributed by atoms with van der Waals surface area (Å²) in [5.41, 5.74) is 0.761. The third kappa shape index (κ3) is 6.06. The molecule has 0 fully saturated rings. The molecular weight excluding hydrogens is 332 g/mol. The molecule has 1 aromatic rings. The standard InChI is InChI=1S/C16H25BrN2O2/c1-6-18-10-12-8-7-9-13(17)14(12)21-11(2)15(20)19-16(3,4)5/h7-9,11,18H,6,10H2,1-5H3,(H,19,20). The Labute approximate surface area is 135 Å². The van der Waals surface area contributed by atoms with E-state index in [-0.39, 0.29) is 11.4 Å². The number of halogens is 1. The molecular formula is C16H25BrN2O2. The van der Waals surface area contributed by atoms with Crippen LogP contribution in [0.3, 0.4) is 0 Å². The number of para-hydroxylation sites is 1. The van der Waals surface area contributed by atoms with Crippen molar-refractivity contribution in [2.45, 2.75) is 52.8 Å². The van der Waals surface area contributed by atoms with Crippen molar-refractivity contribution < 1.29 is 9.53 Å². The number of carbonyl (C=O) groups is 1. The van der Waals surface area contributed by atoms with E-state index in [2.05, 4.69) is 33.5 Å². The van der Waals surface area contributed by atoms with Gasteiger partial charge < -0.3 is 15.4 Å². The van der Waals surface area contributed by atoms with Crippen LogP contribution in [0.15, 0.2) is 22.7 Å². The Bertz CT molecular complexity index is 484. The number of amides is 1. The third-order valence-electron chi connectivity index (χ3n) is 2.78. The van der Waals surface area contributed by atoms with E-state index in [1.54, 1.807) is 6.92 Å². The van der Waals surface area contributed by atoms with Gasteiger partial charge in [0.15, 0.2) is 6.10 Å². The van der Waals surface area contributed by atoms with E-state index in [0.717, 1.165) is 22.3 Å². The van der Waals surface area contributed by atoms with E-state index < -0.39 is 6.10 Å². The minimum absolute atomic E-state index is 0.118. The summed E-state index contributed by atoms with van der Waals surface area (Å²) in [5.74, 6) is 0.600. The summed E-state index contributed by atoms with van der Waals surface area (Å²) >= 11 is 3.49. The SMILES string of the molecule is CCNCc1cccc(Br)c1OC(C)C(=O)NC(C)(C)C. The molecule has 118 valence electrons. The van der Waals surface area contributed by atoms with Crippen LogP contribution in [0.4, 0.5) is 0 Å². The molecule has 0 radical (unpaired) electrons. The summed E-state index contributed by atoms with van der Waals surface area (Å²) in [7, 11) is 0. The summed E-state index contributed by atoms with van der Waals surface area (Å²) in [5, 5.41) is 6.20. The summed E-state index contributed by atoms with van der Waals surface area (Å²) in [6.07, 6.45) is -0.552. The van der Waals surface area contributed by atoms with Crippen molar-refractivity contribution >= 4 is 21.8 Å². The van der Waals surface area contributed by atoms with Gasteiger partial charge in [0, 0.05) is 17.6 Å². The van der Waals surface area contributed by atoms with Gasteiger partial charge in [0.1, 0.15) is 5.75 Å². The largest absolute Gasteiger partial charge is 0.479 e. The zero-order chi connectivity index (χ0) is 16.0. The Kier molecular flexibility index (Phi) is 6.68. The molecule has 1 rings (SSSR count). The minimum atomic E-state index is -0.552. The molecule has 1 atom stereocenters. The minimum Gasteiger partial charge on any atom is -0.479 e. The Morgan fingerprint density at radius 2 is 2.05 bits per heavy atom. The molecule has 0 aliphatic rings. The lowest BCUT2D eigenvalue weighted by atomic mass is 10.1. The van der Waals surface area contributed by atoms with E-state index in [4.69, 9.17) is 4.74 Å². The van der Waals surface area contributed by atoms with Gasteiger partial charge in [-0.2, -0.15) is 0 Å². The molecule has 2 N–H and O–H groups in total. The number of nitrogens with one attached hydrogen (secondary N) is 2. The number of hydrogen-bond acceptors (Lipinski definition) is 3. The molecule has 1 aromatic carbocycles. The van der Waals surface area contributed by atoms with Crippen LogP contribution in [0.5, 0.6) is 5.75 Å². The normalized spacial score (nSPS) is 12.9. The Morgan fingerprint density at radius 1 is 1.38 bits per heavy atom. The molecule has 5 heteroatoms. The van der Waals surface area contributed by atoms with Crippen molar-refractivity contribution in [1.82, 2.24) is 10.6 Å². The van der Waals surface area contributed by atoms with Crippen LogP contribution >= 0.6 is 15.9 Å². The molecule has 0 aliphatic carbocycles. The number of ether oxygens (including phenoxy) is 1. The smallest absolute Gasteiger partial charge is 0.261 e. The topological polar surface area (TPSA) is 50.4 Å². The zero-order valence-electron chi connectivity index (χ0n) is 13.4. The lowest BCUT2D eigenvalue weighted by Gasteiger charge is -2.24. The van der Waals surface area contributed by atoms with Crippen molar-refractivity contribution in [2.75, 3.05) is 6.54 Å².